The lowest BCUT2D eigenvalue weighted by atomic mass is 9.67. The van der Waals surface area contributed by atoms with Crippen LogP contribution in [-0.4, -0.2) is 22.0 Å². The Balaban J connectivity index is 1.60. The fraction of sp³-hybridized carbons (Fsp3) is 0.348. The predicted octanol–water partition coefficient (Wildman–Crippen LogP) is 5.40. The Hall–Kier alpha value is -2.27. The van der Waals surface area contributed by atoms with E-state index in [1.807, 2.05) is 22.9 Å². The number of ether oxygens (including phenoxy) is 2. The van der Waals surface area contributed by atoms with Crippen molar-refractivity contribution in [2.75, 3.05) is 0 Å². The number of hydrogen-bond acceptors (Lipinski definition) is 3. The van der Waals surface area contributed by atoms with Gasteiger partial charge in [-0.05, 0) is 56.5 Å². The topological polar surface area (TPSA) is 36.3 Å². The number of aryl methyl sites for hydroxylation is 1. The monoisotopic (exact) mass is 436 g/mol. The molecule has 4 atom stereocenters. The van der Waals surface area contributed by atoms with Gasteiger partial charge in [-0.25, -0.2) is 4.68 Å². The van der Waals surface area contributed by atoms with Gasteiger partial charge in [0.25, 0.3) is 0 Å². The van der Waals surface area contributed by atoms with Crippen LogP contribution in [0.25, 0.3) is 5.69 Å². The van der Waals surface area contributed by atoms with Gasteiger partial charge >= 0.3 is 0 Å². The number of halogens is 1. The molecule has 3 heterocycles. The van der Waals surface area contributed by atoms with Crippen molar-refractivity contribution >= 4 is 15.9 Å². The molecule has 0 amide bonds. The van der Waals surface area contributed by atoms with Gasteiger partial charge in [0, 0.05) is 27.4 Å². The van der Waals surface area contributed by atoms with Gasteiger partial charge in [0.2, 0.25) is 5.88 Å². The molecule has 5 heteroatoms. The van der Waals surface area contributed by atoms with E-state index in [4.69, 9.17) is 14.6 Å². The Morgan fingerprint density at radius 3 is 2.64 bits per heavy atom. The van der Waals surface area contributed by atoms with Crippen LogP contribution in [-0.2, 0) is 0 Å². The van der Waals surface area contributed by atoms with E-state index >= 15 is 0 Å². The molecule has 0 bridgehead atoms. The van der Waals surface area contributed by atoms with Gasteiger partial charge in [-0.2, -0.15) is 5.10 Å². The summed E-state index contributed by atoms with van der Waals surface area (Å²) in [6, 6.07) is 16.7. The van der Waals surface area contributed by atoms with Gasteiger partial charge in [0.1, 0.15) is 18.0 Å². The van der Waals surface area contributed by atoms with E-state index in [0.717, 1.165) is 46.7 Å². The zero-order valence-electron chi connectivity index (χ0n) is 15.6. The maximum Gasteiger partial charge on any atom is 0.221 e. The van der Waals surface area contributed by atoms with Crippen LogP contribution in [0.2, 0.25) is 0 Å². The molecule has 3 aliphatic rings. The maximum absolute atomic E-state index is 6.63. The smallest absolute Gasteiger partial charge is 0.221 e. The van der Waals surface area contributed by atoms with Gasteiger partial charge in [-0.15, -0.1) is 0 Å². The first-order valence-corrected chi connectivity index (χ1v) is 10.8. The molecule has 1 saturated carbocycles. The van der Waals surface area contributed by atoms with Crippen molar-refractivity contribution in [2.24, 2.45) is 5.92 Å². The van der Waals surface area contributed by atoms with E-state index in [2.05, 4.69) is 53.2 Å². The molecule has 0 spiro atoms. The van der Waals surface area contributed by atoms with Gasteiger partial charge in [0.05, 0.1) is 11.4 Å². The van der Waals surface area contributed by atoms with Crippen molar-refractivity contribution in [3.63, 3.8) is 0 Å². The highest BCUT2D eigenvalue weighted by Gasteiger charge is 2.52. The Labute approximate surface area is 172 Å². The molecule has 0 saturated heterocycles. The normalized spacial score (nSPS) is 27.1. The second-order valence-electron chi connectivity index (χ2n) is 8.03. The van der Waals surface area contributed by atoms with Crippen LogP contribution in [0.3, 0.4) is 0 Å². The molecule has 1 aromatic heterocycles. The second kappa shape index (κ2) is 6.11. The minimum Gasteiger partial charge on any atom is -0.490 e. The zero-order valence-corrected chi connectivity index (χ0v) is 17.2. The summed E-state index contributed by atoms with van der Waals surface area (Å²) in [6.07, 6.45) is 3.69. The Morgan fingerprint density at radius 1 is 1.04 bits per heavy atom. The van der Waals surface area contributed by atoms with Crippen LogP contribution in [0, 0.1) is 12.8 Å². The van der Waals surface area contributed by atoms with Gasteiger partial charge in [-0.3, -0.25) is 0 Å². The number of benzene rings is 2. The van der Waals surface area contributed by atoms with Crippen molar-refractivity contribution in [2.45, 2.75) is 44.3 Å². The SMILES string of the molecule is Cc1nn(-c2ccccc2)c2c1[C@@H]1c3cc(Br)ccc3O[C@@H]3CCC[C@H](O2)[C@H]13. The van der Waals surface area contributed by atoms with E-state index in [9.17, 15) is 0 Å². The van der Waals surface area contributed by atoms with Gasteiger partial charge in [-0.1, -0.05) is 34.1 Å². The summed E-state index contributed by atoms with van der Waals surface area (Å²) in [4.78, 5) is 0. The van der Waals surface area contributed by atoms with Crippen molar-refractivity contribution in [1.82, 2.24) is 9.78 Å². The Morgan fingerprint density at radius 2 is 1.82 bits per heavy atom. The first-order chi connectivity index (χ1) is 13.7. The predicted molar refractivity (Wildman–Crippen MR) is 110 cm³/mol. The number of rotatable bonds is 1. The molecule has 1 fully saturated rings. The molecule has 0 N–H and O–H groups in total. The fourth-order valence-electron chi connectivity index (χ4n) is 5.31. The van der Waals surface area contributed by atoms with Crippen LogP contribution in [0.5, 0.6) is 11.6 Å². The van der Waals surface area contributed by atoms with Gasteiger partial charge in [0.15, 0.2) is 0 Å². The van der Waals surface area contributed by atoms with Crippen molar-refractivity contribution in [1.29, 1.82) is 0 Å². The first-order valence-electron chi connectivity index (χ1n) is 9.98. The third kappa shape index (κ3) is 2.32. The molecule has 2 aromatic carbocycles. The largest absolute Gasteiger partial charge is 0.490 e. The molecule has 28 heavy (non-hydrogen) atoms. The Bertz CT molecular complexity index is 1060. The molecular formula is C23H21BrN2O2. The van der Waals surface area contributed by atoms with E-state index in [-0.39, 0.29) is 18.1 Å². The molecular weight excluding hydrogens is 416 g/mol. The van der Waals surface area contributed by atoms with Crippen LogP contribution in [0.1, 0.15) is 42.0 Å². The number of hydrogen-bond donors (Lipinski definition) is 0. The summed E-state index contributed by atoms with van der Waals surface area (Å²) >= 11 is 3.66. The van der Waals surface area contributed by atoms with Crippen molar-refractivity contribution in [3.05, 3.63) is 69.8 Å². The molecule has 142 valence electrons. The molecule has 0 radical (unpaired) electrons. The van der Waals surface area contributed by atoms with E-state index in [0.29, 0.717) is 5.92 Å². The number of para-hydroxylation sites is 1. The molecule has 6 rings (SSSR count). The Kier molecular flexibility index (Phi) is 3.64. The summed E-state index contributed by atoms with van der Waals surface area (Å²) in [5.41, 5.74) is 4.56. The summed E-state index contributed by atoms with van der Waals surface area (Å²) in [5, 5.41) is 4.90. The van der Waals surface area contributed by atoms with Crippen LogP contribution >= 0.6 is 15.9 Å². The summed E-state index contributed by atoms with van der Waals surface area (Å²) in [7, 11) is 0. The average molecular weight is 437 g/mol. The van der Waals surface area contributed by atoms with E-state index in [1.165, 1.54) is 11.1 Å². The minimum absolute atomic E-state index is 0.168. The molecule has 0 unspecified atom stereocenters. The molecule has 4 nitrogen and oxygen atoms in total. The summed E-state index contributed by atoms with van der Waals surface area (Å²) < 4.78 is 16.1. The number of aromatic nitrogens is 2. The lowest BCUT2D eigenvalue weighted by Crippen LogP contribution is -2.50. The van der Waals surface area contributed by atoms with E-state index < -0.39 is 0 Å². The van der Waals surface area contributed by atoms with Crippen LogP contribution < -0.4 is 9.47 Å². The highest BCUT2D eigenvalue weighted by molar-refractivity contribution is 9.10. The molecule has 2 aliphatic heterocycles. The van der Waals surface area contributed by atoms with Crippen molar-refractivity contribution < 1.29 is 9.47 Å². The van der Waals surface area contributed by atoms with E-state index in [1.54, 1.807) is 0 Å². The molecule has 1 aliphatic carbocycles. The highest BCUT2D eigenvalue weighted by atomic mass is 79.9. The third-order valence-electron chi connectivity index (χ3n) is 6.44. The summed E-state index contributed by atoms with van der Waals surface area (Å²) in [5.74, 6) is 2.52. The fourth-order valence-corrected chi connectivity index (χ4v) is 5.69. The molecule has 3 aromatic rings. The highest BCUT2D eigenvalue weighted by Crippen LogP contribution is 2.55. The van der Waals surface area contributed by atoms with Gasteiger partial charge < -0.3 is 9.47 Å². The third-order valence-corrected chi connectivity index (χ3v) is 6.94. The quantitative estimate of drug-likeness (QED) is 0.512. The number of fused-ring (bicyclic) bond motifs is 4. The lowest BCUT2D eigenvalue weighted by Gasteiger charge is -2.48. The maximum atomic E-state index is 6.63. The van der Waals surface area contributed by atoms with Crippen LogP contribution in [0.4, 0.5) is 0 Å². The second-order valence-corrected chi connectivity index (χ2v) is 8.95. The minimum atomic E-state index is 0.168. The van der Waals surface area contributed by atoms with Crippen molar-refractivity contribution in [3.8, 4) is 17.3 Å². The lowest BCUT2D eigenvalue weighted by molar-refractivity contribution is -0.0331. The van der Waals surface area contributed by atoms with Crippen LogP contribution in [0.15, 0.2) is 53.0 Å². The number of nitrogens with zero attached hydrogens (tertiary/aromatic N) is 2. The standard InChI is InChI=1S/C23H21BrN2O2/c1-13-20-21-16-12-14(24)10-11-17(16)27-18-8-5-9-19(22(18)21)28-23(20)26(25-13)15-6-3-2-4-7-15/h2-4,6-7,10-12,18-19,21-22H,5,8-9H2,1H3/t18-,19+,21+,22-/m1/s1. The average Bonchev–Trinajstić information content (AvgIpc) is 3.05. The summed E-state index contributed by atoms with van der Waals surface area (Å²) in [6.45, 7) is 2.10. The first kappa shape index (κ1) is 16.7. The zero-order chi connectivity index (χ0) is 18.8.